The molecule has 1 N–H and O–H groups in total. The lowest BCUT2D eigenvalue weighted by molar-refractivity contribution is 0.0677. The average molecular weight is 270 g/mol. The molecule has 1 unspecified atom stereocenters. The number of pyridine rings is 1. The van der Waals surface area contributed by atoms with Crippen molar-refractivity contribution >= 4 is 16.7 Å². The van der Waals surface area contributed by atoms with E-state index in [4.69, 9.17) is 0 Å². The minimum absolute atomic E-state index is 0.0700. The van der Waals surface area contributed by atoms with Crippen LogP contribution in [0.4, 0.5) is 0 Å². The number of nitrogens with one attached hydrogen (secondary N) is 1. The number of carbonyl (C=O) groups excluding carboxylic acids is 1. The summed E-state index contributed by atoms with van der Waals surface area (Å²) >= 11 is 0. The topological polar surface area (TPSA) is 53.2 Å². The normalized spacial score (nSPS) is 19.2. The molecule has 104 valence electrons. The van der Waals surface area contributed by atoms with E-state index < -0.39 is 0 Å². The van der Waals surface area contributed by atoms with E-state index >= 15 is 0 Å². The van der Waals surface area contributed by atoms with E-state index in [0.717, 1.165) is 31.3 Å². The van der Waals surface area contributed by atoms with Gasteiger partial charge < -0.3 is 9.88 Å². The Morgan fingerprint density at radius 2 is 2.15 bits per heavy atom. The standard InChI is InChI=1S/C16H18N2O2/c1-11-5-4-8-18(10-11)16(20)14-9-12-6-2-3-7-13(12)15(19)17-14/h2-3,6-7,9,11H,4-5,8,10H2,1H3,(H,17,19). The summed E-state index contributed by atoms with van der Waals surface area (Å²) < 4.78 is 0. The lowest BCUT2D eigenvalue weighted by Crippen LogP contribution is -2.39. The first-order valence-corrected chi connectivity index (χ1v) is 7.06. The molecule has 0 saturated carbocycles. The number of hydrogen-bond donors (Lipinski definition) is 1. The van der Waals surface area contributed by atoms with Gasteiger partial charge in [-0.25, -0.2) is 0 Å². The van der Waals surface area contributed by atoms with Crippen molar-refractivity contribution in [2.45, 2.75) is 19.8 Å². The average Bonchev–Trinajstić information content (AvgIpc) is 2.46. The number of H-pyrrole nitrogens is 1. The van der Waals surface area contributed by atoms with Crippen LogP contribution >= 0.6 is 0 Å². The fraction of sp³-hybridized carbons (Fsp3) is 0.375. The number of fused-ring (bicyclic) bond motifs is 1. The van der Waals surface area contributed by atoms with Gasteiger partial charge in [0.1, 0.15) is 5.69 Å². The van der Waals surface area contributed by atoms with E-state index in [0.29, 0.717) is 17.0 Å². The van der Waals surface area contributed by atoms with Crippen LogP contribution in [0.5, 0.6) is 0 Å². The molecule has 4 nitrogen and oxygen atoms in total. The Hall–Kier alpha value is -2.10. The molecule has 0 spiro atoms. The molecule has 20 heavy (non-hydrogen) atoms. The number of nitrogens with zero attached hydrogens (tertiary/aromatic N) is 1. The first-order valence-electron chi connectivity index (χ1n) is 7.06. The second-order valence-electron chi connectivity index (χ2n) is 5.60. The van der Waals surface area contributed by atoms with Crippen LogP contribution in [0, 0.1) is 5.92 Å². The van der Waals surface area contributed by atoms with Crippen LogP contribution in [0.1, 0.15) is 30.3 Å². The molecule has 1 atom stereocenters. The minimum atomic E-state index is -0.198. The van der Waals surface area contributed by atoms with Crippen LogP contribution in [-0.2, 0) is 0 Å². The predicted molar refractivity (Wildman–Crippen MR) is 78.9 cm³/mol. The van der Waals surface area contributed by atoms with Gasteiger partial charge in [0.25, 0.3) is 11.5 Å². The first-order chi connectivity index (χ1) is 9.65. The molecule has 0 radical (unpaired) electrons. The Labute approximate surface area is 117 Å². The van der Waals surface area contributed by atoms with Crippen molar-refractivity contribution in [3.8, 4) is 0 Å². The zero-order valence-corrected chi connectivity index (χ0v) is 11.6. The smallest absolute Gasteiger partial charge is 0.270 e. The molecule has 1 amide bonds. The van der Waals surface area contributed by atoms with Gasteiger partial charge in [-0.05, 0) is 36.3 Å². The molecule has 3 rings (SSSR count). The Balaban J connectivity index is 1.97. The Bertz CT molecular complexity index is 705. The number of aromatic nitrogens is 1. The zero-order chi connectivity index (χ0) is 14.1. The van der Waals surface area contributed by atoms with Gasteiger partial charge in [-0.2, -0.15) is 0 Å². The lowest BCUT2D eigenvalue weighted by Gasteiger charge is -2.30. The number of amides is 1. The van der Waals surface area contributed by atoms with E-state index in [9.17, 15) is 9.59 Å². The molecule has 1 fully saturated rings. The molecule has 2 aromatic rings. The third-order valence-electron chi connectivity index (χ3n) is 3.93. The SMILES string of the molecule is CC1CCCN(C(=O)c2cc3ccccc3c(=O)[nH]2)C1. The number of rotatable bonds is 1. The van der Waals surface area contributed by atoms with Crippen molar-refractivity contribution < 1.29 is 4.79 Å². The van der Waals surface area contributed by atoms with Crippen molar-refractivity contribution in [3.05, 3.63) is 46.4 Å². The molecular weight excluding hydrogens is 252 g/mol. The predicted octanol–water partition coefficient (Wildman–Crippen LogP) is 2.40. The summed E-state index contributed by atoms with van der Waals surface area (Å²) in [6.45, 7) is 3.70. The number of hydrogen-bond acceptors (Lipinski definition) is 2. The second kappa shape index (κ2) is 5.12. The largest absolute Gasteiger partial charge is 0.337 e. The summed E-state index contributed by atoms with van der Waals surface area (Å²) in [6.07, 6.45) is 2.20. The van der Waals surface area contributed by atoms with Gasteiger partial charge in [-0.15, -0.1) is 0 Å². The fourth-order valence-corrected chi connectivity index (χ4v) is 2.87. The van der Waals surface area contributed by atoms with Crippen LogP contribution in [-0.4, -0.2) is 28.9 Å². The summed E-state index contributed by atoms with van der Waals surface area (Å²) in [5.74, 6) is 0.458. The van der Waals surface area contributed by atoms with E-state index in [2.05, 4.69) is 11.9 Å². The summed E-state index contributed by atoms with van der Waals surface area (Å²) in [5.41, 5.74) is 0.194. The Kier molecular flexibility index (Phi) is 3.30. The van der Waals surface area contributed by atoms with E-state index in [1.807, 2.05) is 23.1 Å². The number of likely N-dealkylation sites (tertiary alicyclic amines) is 1. The van der Waals surface area contributed by atoms with Gasteiger partial charge in [0.05, 0.1) is 0 Å². The van der Waals surface area contributed by atoms with Crippen LogP contribution in [0.3, 0.4) is 0 Å². The van der Waals surface area contributed by atoms with Gasteiger partial charge in [0.15, 0.2) is 0 Å². The van der Waals surface area contributed by atoms with Crippen molar-refractivity contribution in [1.29, 1.82) is 0 Å². The van der Waals surface area contributed by atoms with Crippen LogP contribution in [0.2, 0.25) is 0 Å². The molecule has 1 aromatic carbocycles. The first kappa shape index (κ1) is 12.9. The highest BCUT2D eigenvalue weighted by molar-refractivity contribution is 5.96. The van der Waals surface area contributed by atoms with Crippen LogP contribution in [0.25, 0.3) is 10.8 Å². The summed E-state index contributed by atoms with van der Waals surface area (Å²) in [7, 11) is 0. The molecular formula is C16H18N2O2. The monoisotopic (exact) mass is 270 g/mol. The van der Waals surface area contributed by atoms with Crippen molar-refractivity contribution in [2.24, 2.45) is 5.92 Å². The Morgan fingerprint density at radius 1 is 1.35 bits per heavy atom. The molecule has 1 aromatic heterocycles. The number of aromatic amines is 1. The molecule has 1 aliphatic rings. The Morgan fingerprint density at radius 3 is 2.95 bits per heavy atom. The van der Waals surface area contributed by atoms with Gasteiger partial charge in [-0.1, -0.05) is 25.1 Å². The third kappa shape index (κ3) is 2.33. The molecule has 1 aliphatic heterocycles. The minimum Gasteiger partial charge on any atom is -0.337 e. The summed E-state index contributed by atoms with van der Waals surface area (Å²) in [6, 6.07) is 9.11. The molecule has 1 saturated heterocycles. The van der Waals surface area contributed by atoms with Gasteiger partial charge in [0.2, 0.25) is 0 Å². The lowest BCUT2D eigenvalue weighted by atomic mass is 10.00. The summed E-state index contributed by atoms with van der Waals surface area (Å²) in [4.78, 5) is 29.1. The van der Waals surface area contributed by atoms with Gasteiger partial charge in [0, 0.05) is 18.5 Å². The number of piperidine rings is 1. The highest BCUT2D eigenvalue weighted by atomic mass is 16.2. The maximum Gasteiger partial charge on any atom is 0.270 e. The molecule has 2 heterocycles. The zero-order valence-electron chi connectivity index (χ0n) is 11.6. The van der Waals surface area contributed by atoms with Gasteiger partial charge in [-0.3, -0.25) is 9.59 Å². The van der Waals surface area contributed by atoms with Gasteiger partial charge >= 0.3 is 0 Å². The molecule has 0 aliphatic carbocycles. The van der Waals surface area contributed by atoms with Crippen molar-refractivity contribution in [1.82, 2.24) is 9.88 Å². The molecule has 4 heteroatoms. The van der Waals surface area contributed by atoms with E-state index in [-0.39, 0.29) is 11.5 Å². The highest BCUT2D eigenvalue weighted by Gasteiger charge is 2.22. The van der Waals surface area contributed by atoms with Crippen molar-refractivity contribution in [3.63, 3.8) is 0 Å². The quantitative estimate of drug-likeness (QED) is 0.865. The van der Waals surface area contributed by atoms with Crippen LogP contribution in [0.15, 0.2) is 35.1 Å². The maximum absolute atomic E-state index is 12.5. The second-order valence-corrected chi connectivity index (χ2v) is 5.60. The number of benzene rings is 1. The highest BCUT2D eigenvalue weighted by Crippen LogP contribution is 2.18. The fourth-order valence-electron chi connectivity index (χ4n) is 2.87. The van der Waals surface area contributed by atoms with Crippen molar-refractivity contribution in [2.75, 3.05) is 13.1 Å². The van der Waals surface area contributed by atoms with E-state index in [1.165, 1.54) is 0 Å². The summed E-state index contributed by atoms with van der Waals surface area (Å²) in [5, 5.41) is 1.43. The van der Waals surface area contributed by atoms with Crippen LogP contribution < -0.4 is 5.56 Å². The number of carbonyl (C=O) groups is 1. The third-order valence-corrected chi connectivity index (χ3v) is 3.93. The van der Waals surface area contributed by atoms with E-state index in [1.54, 1.807) is 12.1 Å². The molecule has 0 bridgehead atoms. The maximum atomic E-state index is 12.5.